The quantitative estimate of drug-likeness (QED) is 0.804. The van der Waals surface area contributed by atoms with Crippen LogP contribution >= 0.6 is 15.9 Å². The second-order valence-corrected chi connectivity index (χ2v) is 6.33. The van der Waals surface area contributed by atoms with Crippen molar-refractivity contribution in [1.82, 2.24) is 9.88 Å². The summed E-state index contributed by atoms with van der Waals surface area (Å²) in [5, 5.41) is 3.37. The fourth-order valence-corrected chi connectivity index (χ4v) is 2.96. The topological polar surface area (TPSA) is 28.2 Å². The molecule has 0 bridgehead atoms. The monoisotopic (exact) mass is 325 g/mol. The van der Waals surface area contributed by atoms with Crippen molar-refractivity contribution in [2.45, 2.75) is 44.6 Å². The zero-order valence-electron chi connectivity index (χ0n) is 11.7. The lowest BCUT2D eigenvalue weighted by Gasteiger charge is -2.31. The summed E-state index contributed by atoms with van der Waals surface area (Å²) >= 11 is 3.39. The van der Waals surface area contributed by atoms with Crippen molar-refractivity contribution in [2.75, 3.05) is 25.5 Å². The van der Waals surface area contributed by atoms with E-state index in [1.165, 1.54) is 45.1 Å². The minimum absolute atomic E-state index is 0.819. The molecule has 1 aliphatic carbocycles. The number of anilines is 1. The van der Waals surface area contributed by atoms with E-state index in [2.05, 4.69) is 38.2 Å². The van der Waals surface area contributed by atoms with Crippen molar-refractivity contribution in [3.8, 4) is 0 Å². The van der Waals surface area contributed by atoms with Crippen LogP contribution in [0.15, 0.2) is 22.8 Å². The van der Waals surface area contributed by atoms with Crippen LogP contribution in [0.2, 0.25) is 0 Å². The largest absolute Gasteiger partial charge is 0.370 e. The summed E-state index contributed by atoms with van der Waals surface area (Å²) in [5.74, 6) is 0.962. The van der Waals surface area contributed by atoms with E-state index >= 15 is 0 Å². The number of pyridine rings is 1. The Morgan fingerprint density at radius 2 is 2.11 bits per heavy atom. The number of nitrogens with one attached hydrogen (secondary N) is 1. The highest BCUT2D eigenvalue weighted by atomic mass is 79.9. The van der Waals surface area contributed by atoms with Crippen molar-refractivity contribution in [2.24, 2.45) is 0 Å². The highest BCUT2D eigenvalue weighted by molar-refractivity contribution is 9.10. The number of hydrogen-bond donors (Lipinski definition) is 1. The molecule has 1 aromatic rings. The van der Waals surface area contributed by atoms with Gasteiger partial charge in [-0.15, -0.1) is 0 Å². The molecule has 0 aliphatic heterocycles. The molecule has 0 atom stereocenters. The summed E-state index contributed by atoms with van der Waals surface area (Å²) in [6.07, 6.45) is 10.0. The highest BCUT2D eigenvalue weighted by Gasteiger charge is 2.17. The fourth-order valence-electron chi connectivity index (χ4n) is 2.73. The predicted octanol–water partition coefficient (Wildman–Crippen LogP) is 3.91. The standard InChI is InChI=1S/C15H24BrN3/c1-19(14-6-3-2-4-7-14)11-5-10-17-15-9-8-13(16)12-18-15/h8-9,12,14H,2-7,10-11H2,1H3,(H,17,18). The minimum Gasteiger partial charge on any atom is -0.370 e. The van der Waals surface area contributed by atoms with Crippen LogP contribution in [0, 0.1) is 0 Å². The molecule has 0 spiro atoms. The van der Waals surface area contributed by atoms with E-state index in [9.17, 15) is 0 Å². The molecule has 1 N–H and O–H groups in total. The van der Waals surface area contributed by atoms with E-state index in [4.69, 9.17) is 0 Å². The molecule has 0 radical (unpaired) electrons. The molecule has 0 unspecified atom stereocenters. The molecule has 1 heterocycles. The first-order valence-corrected chi connectivity index (χ1v) is 8.10. The van der Waals surface area contributed by atoms with Gasteiger partial charge >= 0.3 is 0 Å². The molecule has 19 heavy (non-hydrogen) atoms. The van der Waals surface area contributed by atoms with E-state index in [0.717, 1.165) is 22.9 Å². The van der Waals surface area contributed by atoms with Gasteiger partial charge in [0.05, 0.1) is 0 Å². The third kappa shape index (κ3) is 5.11. The molecular weight excluding hydrogens is 302 g/mol. The van der Waals surface area contributed by atoms with Crippen LogP contribution in [-0.4, -0.2) is 36.1 Å². The predicted molar refractivity (Wildman–Crippen MR) is 84.5 cm³/mol. The molecule has 106 valence electrons. The Morgan fingerprint density at radius 1 is 1.32 bits per heavy atom. The van der Waals surface area contributed by atoms with Gasteiger partial charge < -0.3 is 10.2 Å². The maximum Gasteiger partial charge on any atom is 0.125 e. The van der Waals surface area contributed by atoms with Gasteiger partial charge in [-0.05, 0) is 60.9 Å². The van der Waals surface area contributed by atoms with E-state index in [1.807, 2.05) is 18.3 Å². The number of nitrogens with zero attached hydrogens (tertiary/aromatic N) is 2. The van der Waals surface area contributed by atoms with E-state index in [1.54, 1.807) is 0 Å². The smallest absolute Gasteiger partial charge is 0.125 e. The Balaban J connectivity index is 1.62. The molecule has 2 rings (SSSR count). The van der Waals surface area contributed by atoms with Gasteiger partial charge in [0.25, 0.3) is 0 Å². The van der Waals surface area contributed by atoms with Crippen LogP contribution in [0.4, 0.5) is 5.82 Å². The average molecular weight is 326 g/mol. The summed E-state index contributed by atoms with van der Waals surface area (Å²) in [7, 11) is 2.27. The number of halogens is 1. The zero-order chi connectivity index (χ0) is 13.5. The number of rotatable bonds is 6. The summed E-state index contributed by atoms with van der Waals surface area (Å²) in [6.45, 7) is 2.17. The molecule has 0 saturated heterocycles. The Labute approximate surface area is 124 Å². The summed E-state index contributed by atoms with van der Waals surface area (Å²) in [5.41, 5.74) is 0. The van der Waals surface area contributed by atoms with Gasteiger partial charge in [-0.25, -0.2) is 4.98 Å². The lowest BCUT2D eigenvalue weighted by atomic mass is 9.94. The lowest BCUT2D eigenvalue weighted by Crippen LogP contribution is -2.34. The van der Waals surface area contributed by atoms with Crippen molar-refractivity contribution in [3.05, 3.63) is 22.8 Å². The van der Waals surface area contributed by atoms with Gasteiger partial charge in [-0.2, -0.15) is 0 Å². The van der Waals surface area contributed by atoms with Crippen LogP contribution < -0.4 is 5.32 Å². The second kappa shape index (κ2) is 7.85. The molecule has 1 saturated carbocycles. The SMILES string of the molecule is CN(CCCNc1ccc(Br)cn1)C1CCCCC1. The first-order chi connectivity index (χ1) is 9.25. The maximum atomic E-state index is 4.31. The number of aromatic nitrogens is 1. The molecule has 1 aromatic heterocycles. The van der Waals surface area contributed by atoms with Crippen LogP contribution in [0.25, 0.3) is 0 Å². The van der Waals surface area contributed by atoms with Crippen molar-refractivity contribution >= 4 is 21.7 Å². The minimum atomic E-state index is 0.819. The Kier molecular flexibility index (Phi) is 6.11. The molecule has 0 amide bonds. The van der Waals surface area contributed by atoms with Gasteiger partial charge in [0.2, 0.25) is 0 Å². The van der Waals surface area contributed by atoms with Gasteiger partial charge in [-0.1, -0.05) is 19.3 Å². The molecule has 4 heteroatoms. The van der Waals surface area contributed by atoms with Gasteiger partial charge in [0, 0.05) is 23.3 Å². The Bertz CT molecular complexity index is 360. The summed E-state index contributed by atoms with van der Waals surface area (Å²) < 4.78 is 1.02. The fraction of sp³-hybridized carbons (Fsp3) is 0.667. The summed E-state index contributed by atoms with van der Waals surface area (Å²) in [6, 6.07) is 4.85. The second-order valence-electron chi connectivity index (χ2n) is 5.41. The highest BCUT2D eigenvalue weighted by Crippen LogP contribution is 2.21. The Hall–Kier alpha value is -0.610. The van der Waals surface area contributed by atoms with E-state index in [0.29, 0.717) is 0 Å². The van der Waals surface area contributed by atoms with Crippen molar-refractivity contribution in [1.29, 1.82) is 0 Å². The third-order valence-corrected chi connectivity index (χ3v) is 4.39. The van der Waals surface area contributed by atoms with Crippen molar-refractivity contribution in [3.63, 3.8) is 0 Å². The van der Waals surface area contributed by atoms with Gasteiger partial charge in [0.1, 0.15) is 5.82 Å². The maximum absolute atomic E-state index is 4.31. The van der Waals surface area contributed by atoms with Crippen LogP contribution in [0.1, 0.15) is 38.5 Å². The van der Waals surface area contributed by atoms with E-state index in [-0.39, 0.29) is 0 Å². The lowest BCUT2D eigenvalue weighted by molar-refractivity contribution is 0.191. The van der Waals surface area contributed by atoms with Gasteiger partial charge in [0.15, 0.2) is 0 Å². The van der Waals surface area contributed by atoms with Crippen LogP contribution in [0.5, 0.6) is 0 Å². The summed E-state index contributed by atoms with van der Waals surface area (Å²) in [4.78, 5) is 6.85. The molecular formula is C15H24BrN3. The molecule has 0 aromatic carbocycles. The number of hydrogen-bond acceptors (Lipinski definition) is 3. The first kappa shape index (κ1) is 14.8. The van der Waals surface area contributed by atoms with Crippen molar-refractivity contribution < 1.29 is 0 Å². The third-order valence-electron chi connectivity index (χ3n) is 3.92. The molecule has 3 nitrogen and oxygen atoms in total. The van der Waals surface area contributed by atoms with E-state index < -0.39 is 0 Å². The molecule has 1 aliphatic rings. The van der Waals surface area contributed by atoms with Gasteiger partial charge in [-0.3, -0.25) is 0 Å². The first-order valence-electron chi connectivity index (χ1n) is 7.31. The van der Waals surface area contributed by atoms with Crippen LogP contribution in [-0.2, 0) is 0 Å². The average Bonchev–Trinajstić information content (AvgIpc) is 2.46. The van der Waals surface area contributed by atoms with Crippen LogP contribution in [0.3, 0.4) is 0 Å². The molecule has 1 fully saturated rings. The zero-order valence-corrected chi connectivity index (χ0v) is 13.3. The normalized spacial score (nSPS) is 16.8. The Morgan fingerprint density at radius 3 is 2.79 bits per heavy atom.